The highest BCUT2D eigenvalue weighted by Crippen LogP contribution is 2.19. The van der Waals surface area contributed by atoms with Crippen LogP contribution in [-0.4, -0.2) is 57.8 Å². The molecule has 1 aliphatic heterocycles. The van der Waals surface area contributed by atoms with Gasteiger partial charge in [0.25, 0.3) is 10.0 Å². The maximum Gasteiger partial charge on any atom is 0.261 e. The van der Waals surface area contributed by atoms with Crippen molar-refractivity contribution in [3.8, 4) is 0 Å². The smallest absolute Gasteiger partial charge is 0.261 e. The predicted molar refractivity (Wildman–Crippen MR) is 115 cm³/mol. The van der Waals surface area contributed by atoms with Gasteiger partial charge in [0.05, 0.1) is 18.1 Å². The molecule has 0 spiro atoms. The van der Waals surface area contributed by atoms with Gasteiger partial charge in [-0.05, 0) is 42.5 Å². The van der Waals surface area contributed by atoms with Gasteiger partial charge in [0.2, 0.25) is 0 Å². The Labute approximate surface area is 171 Å². The van der Waals surface area contributed by atoms with E-state index in [1.807, 2.05) is 6.07 Å². The lowest BCUT2D eigenvalue weighted by atomic mass is 10.3. The fraction of sp³-hybridized carbons (Fsp3) is 0.316. The molecule has 1 aliphatic rings. The van der Waals surface area contributed by atoms with Crippen molar-refractivity contribution in [3.63, 3.8) is 0 Å². The van der Waals surface area contributed by atoms with Crippen molar-refractivity contribution in [1.82, 2.24) is 10.2 Å². The number of sulfonamides is 1. The van der Waals surface area contributed by atoms with Gasteiger partial charge in [0, 0.05) is 37.6 Å². The number of para-hydroxylation sites is 1. The Morgan fingerprint density at radius 2 is 1.75 bits per heavy atom. The number of ether oxygens (including phenoxy) is 1. The Bertz CT molecular complexity index is 885. The molecule has 2 aromatic carbocycles. The first-order chi connectivity index (χ1) is 13.5. The number of rotatable bonds is 7. The van der Waals surface area contributed by atoms with Crippen molar-refractivity contribution in [2.24, 2.45) is 0 Å². The molecule has 0 amide bonds. The van der Waals surface area contributed by atoms with Crippen LogP contribution in [0, 0.1) is 0 Å². The molecule has 1 saturated heterocycles. The topological polar surface area (TPSA) is 82.7 Å². The SMILES string of the molecule is O=S(=O)(Nc1ccccc1)c1cccc(NC(=S)NCCN2CCOCC2)c1. The second kappa shape index (κ2) is 9.83. The summed E-state index contributed by atoms with van der Waals surface area (Å²) in [7, 11) is -3.68. The molecule has 3 rings (SSSR count). The second-order valence-corrected chi connectivity index (χ2v) is 8.42. The first kappa shape index (κ1) is 20.5. The molecule has 150 valence electrons. The lowest BCUT2D eigenvalue weighted by Crippen LogP contribution is -2.42. The zero-order valence-electron chi connectivity index (χ0n) is 15.4. The average Bonchev–Trinajstić information content (AvgIpc) is 2.69. The van der Waals surface area contributed by atoms with Gasteiger partial charge in [-0.15, -0.1) is 0 Å². The molecule has 1 heterocycles. The number of hydrogen-bond donors (Lipinski definition) is 3. The van der Waals surface area contributed by atoms with E-state index in [4.69, 9.17) is 17.0 Å². The number of benzene rings is 2. The van der Waals surface area contributed by atoms with E-state index < -0.39 is 10.0 Å². The van der Waals surface area contributed by atoms with E-state index in [-0.39, 0.29) is 4.90 Å². The van der Waals surface area contributed by atoms with Crippen LogP contribution in [0.4, 0.5) is 11.4 Å². The maximum absolute atomic E-state index is 12.6. The molecular formula is C19H24N4O3S2. The van der Waals surface area contributed by atoms with Crippen LogP contribution in [0.15, 0.2) is 59.5 Å². The highest BCUT2D eigenvalue weighted by molar-refractivity contribution is 7.92. The van der Waals surface area contributed by atoms with Crippen molar-refractivity contribution in [2.45, 2.75) is 4.90 Å². The molecule has 1 fully saturated rings. The predicted octanol–water partition coefficient (Wildman–Crippen LogP) is 2.11. The van der Waals surface area contributed by atoms with Crippen LogP contribution in [-0.2, 0) is 14.8 Å². The van der Waals surface area contributed by atoms with Gasteiger partial charge in [0.15, 0.2) is 5.11 Å². The minimum atomic E-state index is -3.68. The Kier molecular flexibility index (Phi) is 7.21. The molecule has 0 saturated carbocycles. The Hall–Kier alpha value is -2.20. The van der Waals surface area contributed by atoms with Crippen LogP contribution in [0.2, 0.25) is 0 Å². The molecule has 0 radical (unpaired) electrons. The minimum absolute atomic E-state index is 0.164. The number of nitrogens with zero attached hydrogens (tertiary/aromatic N) is 1. The quantitative estimate of drug-likeness (QED) is 0.592. The summed E-state index contributed by atoms with van der Waals surface area (Å²) < 4.78 is 33.1. The molecule has 28 heavy (non-hydrogen) atoms. The Morgan fingerprint density at radius 3 is 2.50 bits per heavy atom. The van der Waals surface area contributed by atoms with E-state index in [0.29, 0.717) is 23.0 Å². The van der Waals surface area contributed by atoms with Crippen molar-refractivity contribution < 1.29 is 13.2 Å². The van der Waals surface area contributed by atoms with Crippen LogP contribution in [0.3, 0.4) is 0 Å². The average molecular weight is 421 g/mol. The van der Waals surface area contributed by atoms with Gasteiger partial charge < -0.3 is 15.4 Å². The molecule has 0 bridgehead atoms. The van der Waals surface area contributed by atoms with Crippen LogP contribution in [0.25, 0.3) is 0 Å². The molecule has 0 aromatic heterocycles. The summed E-state index contributed by atoms with van der Waals surface area (Å²) in [4.78, 5) is 2.47. The molecule has 0 aliphatic carbocycles. The summed E-state index contributed by atoms with van der Waals surface area (Å²) >= 11 is 5.31. The van der Waals surface area contributed by atoms with Gasteiger partial charge >= 0.3 is 0 Å². The normalized spacial score (nSPS) is 15.0. The highest BCUT2D eigenvalue weighted by atomic mass is 32.2. The molecular weight excluding hydrogens is 396 g/mol. The van der Waals surface area contributed by atoms with Gasteiger partial charge in [-0.1, -0.05) is 24.3 Å². The first-order valence-electron chi connectivity index (χ1n) is 9.06. The van der Waals surface area contributed by atoms with Crippen LogP contribution >= 0.6 is 12.2 Å². The number of anilines is 2. The van der Waals surface area contributed by atoms with E-state index in [2.05, 4.69) is 20.3 Å². The van der Waals surface area contributed by atoms with E-state index in [9.17, 15) is 8.42 Å². The molecule has 0 unspecified atom stereocenters. The second-order valence-electron chi connectivity index (χ2n) is 6.33. The third kappa shape index (κ3) is 6.16. The van der Waals surface area contributed by atoms with Crippen LogP contribution < -0.4 is 15.4 Å². The van der Waals surface area contributed by atoms with Crippen molar-refractivity contribution in [3.05, 3.63) is 54.6 Å². The molecule has 2 aromatic rings. The van der Waals surface area contributed by atoms with Crippen molar-refractivity contribution >= 4 is 38.7 Å². The Morgan fingerprint density at radius 1 is 1.04 bits per heavy atom. The van der Waals surface area contributed by atoms with E-state index in [1.165, 1.54) is 0 Å². The van der Waals surface area contributed by atoms with Gasteiger partial charge in [-0.25, -0.2) is 8.42 Å². The van der Waals surface area contributed by atoms with Crippen molar-refractivity contribution in [2.75, 3.05) is 49.4 Å². The summed E-state index contributed by atoms with van der Waals surface area (Å²) in [5, 5.41) is 6.65. The fourth-order valence-electron chi connectivity index (χ4n) is 2.79. The van der Waals surface area contributed by atoms with Crippen molar-refractivity contribution in [1.29, 1.82) is 0 Å². The number of nitrogens with one attached hydrogen (secondary N) is 3. The zero-order valence-corrected chi connectivity index (χ0v) is 17.1. The third-order valence-corrected chi connectivity index (χ3v) is 5.87. The largest absolute Gasteiger partial charge is 0.379 e. The van der Waals surface area contributed by atoms with Gasteiger partial charge in [-0.3, -0.25) is 9.62 Å². The fourth-order valence-corrected chi connectivity index (χ4v) is 4.11. The van der Waals surface area contributed by atoms with Crippen LogP contribution in [0.5, 0.6) is 0 Å². The maximum atomic E-state index is 12.6. The Balaban J connectivity index is 1.54. The van der Waals surface area contributed by atoms with E-state index in [0.717, 1.165) is 32.8 Å². The molecule has 3 N–H and O–H groups in total. The summed E-state index contributed by atoms with van der Waals surface area (Å²) in [5.74, 6) is 0. The zero-order chi connectivity index (χ0) is 19.8. The first-order valence-corrected chi connectivity index (χ1v) is 10.9. The number of morpholine rings is 1. The van der Waals surface area contributed by atoms with E-state index in [1.54, 1.807) is 48.5 Å². The number of hydrogen-bond acceptors (Lipinski definition) is 5. The summed E-state index contributed by atoms with van der Waals surface area (Å²) in [6.07, 6.45) is 0. The van der Waals surface area contributed by atoms with Crippen LogP contribution in [0.1, 0.15) is 0 Å². The summed E-state index contributed by atoms with van der Waals surface area (Å²) in [6, 6.07) is 15.3. The molecule has 7 nitrogen and oxygen atoms in total. The third-order valence-electron chi connectivity index (χ3n) is 4.25. The van der Waals surface area contributed by atoms with Gasteiger partial charge in [0.1, 0.15) is 0 Å². The summed E-state index contributed by atoms with van der Waals surface area (Å²) in [6.45, 7) is 4.97. The monoisotopic (exact) mass is 420 g/mol. The standard InChI is InChI=1S/C19H24N4O3S2/c24-28(25,22-16-5-2-1-3-6-16)18-8-4-7-17(15-18)21-19(27)20-9-10-23-11-13-26-14-12-23/h1-8,15,22H,9-14H2,(H2,20,21,27). The minimum Gasteiger partial charge on any atom is -0.379 e. The lowest BCUT2D eigenvalue weighted by Gasteiger charge is -2.26. The highest BCUT2D eigenvalue weighted by Gasteiger charge is 2.15. The van der Waals surface area contributed by atoms with E-state index >= 15 is 0 Å². The lowest BCUT2D eigenvalue weighted by molar-refractivity contribution is 0.0389. The summed E-state index contributed by atoms with van der Waals surface area (Å²) in [5.41, 5.74) is 1.13. The molecule has 9 heteroatoms. The number of thiocarbonyl (C=S) groups is 1. The van der Waals surface area contributed by atoms with Gasteiger partial charge in [-0.2, -0.15) is 0 Å². The molecule has 0 atom stereocenters.